The molecule has 2 aromatic carbocycles. The van der Waals surface area contributed by atoms with E-state index < -0.39 is 0 Å². The van der Waals surface area contributed by atoms with Crippen LogP contribution < -0.4 is 10.6 Å². The number of nitrogen functional groups attached to an aromatic ring is 1. The lowest BCUT2D eigenvalue weighted by atomic mass is 10.1. The molecule has 20 heavy (non-hydrogen) atoms. The van der Waals surface area contributed by atoms with E-state index in [2.05, 4.69) is 41.1 Å². The molecular formula is C17H17N3. The molecule has 3 aromatic rings. The van der Waals surface area contributed by atoms with Gasteiger partial charge in [0.25, 0.3) is 0 Å². The summed E-state index contributed by atoms with van der Waals surface area (Å²) < 4.78 is 0. The molecule has 0 aliphatic heterocycles. The molecule has 1 aromatic heterocycles. The fourth-order valence-corrected chi connectivity index (χ4v) is 2.43. The number of rotatable bonds is 2. The van der Waals surface area contributed by atoms with Gasteiger partial charge in [-0.25, -0.2) is 0 Å². The number of aryl methyl sites for hydroxylation is 1. The maximum absolute atomic E-state index is 6.31. The first-order valence-electron chi connectivity index (χ1n) is 6.60. The number of hydrogen-bond acceptors (Lipinski definition) is 3. The van der Waals surface area contributed by atoms with Crippen molar-refractivity contribution in [1.82, 2.24) is 4.98 Å². The molecule has 100 valence electrons. The molecule has 0 aliphatic carbocycles. The van der Waals surface area contributed by atoms with Crippen molar-refractivity contribution in [3.05, 3.63) is 60.3 Å². The van der Waals surface area contributed by atoms with Crippen LogP contribution in [0.25, 0.3) is 10.9 Å². The SMILES string of the molecule is Cc1cccc(N(C)c2ccc3ncccc3c2N)c1. The van der Waals surface area contributed by atoms with Crippen LogP contribution in [-0.2, 0) is 0 Å². The van der Waals surface area contributed by atoms with Crippen molar-refractivity contribution in [1.29, 1.82) is 0 Å². The van der Waals surface area contributed by atoms with Crippen molar-refractivity contribution < 1.29 is 0 Å². The Hall–Kier alpha value is -2.55. The second kappa shape index (κ2) is 4.85. The van der Waals surface area contributed by atoms with Crippen LogP contribution in [0, 0.1) is 6.92 Å². The number of pyridine rings is 1. The Morgan fingerprint density at radius 2 is 1.90 bits per heavy atom. The van der Waals surface area contributed by atoms with E-state index in [1.165, 1.54) is 5.56 Å². The van der Waals surface area contributed by atoms with E-state index >= 15 is 0 Å². The van der Waals surface area contributed by atoms with Gasteiger partial charge in [-0.1, -0.05) is 12.1 Å². The Kier molecular flexibility index (Phi) is 3.03. The van der Waals surface area contributed by atoms with E-state index in [1.54, 1.807) is 6.20 Å². The monoisotopic (exact) mass is 263 g/mol. The molecule has 0 atom stereocenters. The molecule has 0 radical (unpaired) electrons. The first-order valence-corrected chi connectivity index (χ1v) is 6.60. The normalized spacial score (nSPS) is 10.7. The summed E-state index contributed by atoms with van der Waals surface area (Å²) in [5.74, 6) is 0. The van der Waals surface area contributed by atoms with Gasteiger partial charge in [-0.05, 0) is 48.9 Å². The topological polar surface area (TPSA) is 42.2 Å². The van der Waals surface area contributed by atoms with Crippen LogP contribution in [0.3, 0.4) is 0 Å². The van der Waals surface area contributed by atoms with Gasteiger partial charge in [0.05, 0.1) is 16.9 Å². The van der Waals surface area contributed by atoms with E-state index in [0.717, 1.165) is 28.0 Å². The van der Waals surface area contributed by atoms with E-state index in [0.29, 0.717) is 0 Å². The third kappa shape index (κ3) is 2.07. The first kappa shape index (κ1) is 12.5. The molecular weight excluding hydrogens is 246 g/mol. The summed E-state index contributed by atoms with van der Waals surface area (Å²) >= 11 is 0. The minimum atomic E-state index is 0.764. The van der Waals surface area contributed by atoms with Crippen LogP contribution in [0.15, 0.2) is 54.7 Å². The van der Waals surface area contributed by atoms with Gasteiger partial charge < -0.3 is 10.6 Å². The maximum Gasteiger partial charge on any atom is 0.0724 e. The summed E-state index contributed by atoms with van der Waals surface area (Å²) in [7, 11) is 2.03. The van der Waals surface area contributed by atoms with Crippen LogP contribution in [0.5, 0.6) is 0 Å². The van der Waals surface area contributed by atoms with Crippen molar-refractivity contribution in [2.45, 2.75) is 6.92 Å². The highest BCUT2D eigenvalue weighted by Crippen LogP contribution is 2.33. The van der Waals surface area contributed by atoms with Crippen LogP contribution >= 0.6 is 0 Å². The smallest absolute Gasteiger partial charge is 0.0724 e. The van der Waals surface area contributed by atoms with Gasteiger partial charge in [-0.2, -0.15) is 0 Å². The molecule has 0 spiro atoms. The third-order valence-electron chi connectivity index (χ3n) is 3.55. The molecule has 0 amide bonds. The number of nitrogens with zero attached hydrogens (tertiary/aromatic N) is 2. The molecule has 0 saturated heterocycles. The number of benzene rings is 2. The van der Waals surface area contributed by atoms with E-state index in [1.807, 2.05) is 31.3 Å². The van der Waals surface area contributed by atoms with Crippen LogP contribution in [0.1, 0.15) is 5.56 Å². The summed E-state index contributed by atoms with van der Waals surface area (Å²) in [4.78, 5) is 6.44. The van der Waals surface area contributed by atoms with Crippen LogP contribution in [-0.4, -0.2) is 12.0 Å². The summed E-state index contributed by atoms with van der Waals surface area (Å²) in [6, 6.07) is 16.3. The first-order chi connectivity index (χ1) is 9.66. The second-order valence-electron chi connectivity index (χ2n) is 4.97. The molecule has 0 bridgehead atoms. The zero-order valence-electron chi connectivity index (χ0n) is 11.7. The highest BCUT2D eigenvalue weighted by Gasteiger charge is 2.10. The van der Waals surface area contributed by atoms with Gasteiger partial charge in [0.2, 0.25) is 0 Å². The minimum absolute atomic E-state index is 0.764. The Morgan fingerprint density at radius 1 is 1.05 bits per heavy atom. The lowest BCUT2D eigenvalue weighted by Crippen LogP contribution is -2.12. The van der Waals surface area contributed by atoms with Crippen molar-refractivity contribution in [2.75, 3.05) is 17.7 Å². The largest absolute Gasteiger partial charge is 0.396 e. The van der Waals surface area contributed by atoms with Crippen molar-refractivity contribution in [2.24, 2.45) is 0 Å². The fourth-order valence-electron chi connectivity index (χ4n) is 2.43. The molecule has 3 nitrogen and oxygen atoms in total. The van der Waals surface area contributed by atoms with E-state index in [4.69, 9.17) is 5.73 Å². The quantitative estimate of drug-likeness (QED) is 0.713. The van der Waals surface area contributed by atoms with Gasteiger partial charge in [-0.15, -0.1) is 0 Å². The van der Waals surface area contributed by atoms with Crippen LogP contribution in [0.2, 0.25) is 0 Å². The third-order valence-corrected chi connectivity index (χ3v) is 3.55. The summed E-state index contributed by atoms with van der Waals surface area (Å²) in [5, 5.41) is 0.990. The maximum atomic E-state index is 6.31. The number of anilines is 3. The molecule has 3 rings (SSSR count). The minimum Gasteiger partial charge on any atom is -0.396 e. The molecule has 1 heterocycles. The predicted octanol–water partition coefficient (Wildman–Crippen LogP) is 3.89. The summed E-state index contributed by atoms with van der Waals surface area (Å²) in [5.41, 5.74) is 11.4. The predicted molar refractivity (Wildman–Crippen MR) is 85.4 cm³/mol. The number of hydrogen-bond donors (Lipinski definition) is 1. The van der Waals surface area contributed by atoms with Crippen molar-refractivity contribution >= 4 is 28.0 Å². The molecule has 0 aliphatic rings. The second-order valence-corrected chi connectivity index (χ2v) is 4.97. The fraction of sp³-hybridized carbons (Fsp3) is 0.118. The standard InChI is InChI=1S/C17H17N3/c1-12-5-3-6-13(11-12)20(2)16-9-8-15-14(17(16)18)7-4-10-19-15/h3-11H,18H2,1-2H3. The number of fused-ring (bicyclic) bond motifs is 1. The lowest BCUT2D eigenvalue weighted by molar-refractivity contribution is 1.21. The molecule has 0 unspecified atom stereocenters. The molecule has 0 fully saturated rings. The highest BCUT2D eigenvalue weighted by atomic mass is 15.1. The number of aromatic nitrogens is 1. The van der Waals surface area contributed by atoms with Gasteiger partial charge >= 0.3 is 0 Å². The average molecular weight is 263 g/mol. The Morgan fingerprint density at radius 3 is 2.70 bits per heavy atom. The van der Waals surface area contributed by atoms with E-state index in [9.17, 15) is 0 Å². The zero-order chi connectivity index (χ0) is 14.1. The van der Waals surface area contributed by atoms with Crippen LogP contribution in [0.4, 0.5) is 17.1 Å². The summed E-state index contributed by atoms with van der Waals surface area (Å²) in [6.45, 7) is 2.09. The number of nitrogens with two attached hydrogens (primary N) is 1. The van der Waals surface area contributed by atoms with E-state index in [-0.39, 0.29) is 0 Å². The summed E-state index contributed by atoms with van der Waals surface area (Å²) in [6.07, 6.45) is 1.78. The molecule has 0 saturated carbocycles. The average Bonchev–Trinajstić information content (AvgIpc) is 2.47. The van der Waals surface area contributed by atoms with Crippen molar-refractivity contribution in [3.8, 4) is 0 Å². The van der Waals surface area contributed by atoms with Gasteiger partial charge in [0, 0.05) is 24.3 Å². The molecule has 3 heteroatoms. The Balaban J connectivity index is 2.12. The van der Waals surface area contributed by atoms with Gasteiger partial charge in [-0.3, -0.25) is 4.98 Å². The van der Waals surface area contributed by atoms with Gasteiger partial charge in [0.1, 0.15) is 0 Å². The van der Waals surface area contributed by atoms with Gasteiger partial charge in [0.15, 0.2) is 0 Å². The molecule has 2 N–H and O–H groups in total. The zero-order valence-corrected chi connectivity index (χ0v) is 11.7. The Bertz CT molecular complexity index is 765. The lowest BCUT2D eigenvalue weighted by Gasteiger charge is -2.22. The Labute approximate surface area is 118 Å². The highest BCUT2D eigenvalue weighted by molar-refractivity contribution is 5.98. The van der Waals surface area contributed by atoms with Crippen molar-refractivity contribution in [3.63, 3.8) is 0 Å².